The first-order valence-electron chi connectivity index (χ1n) is 13.0. The van der Waals surface area contributed by atoms with E-state index in [0.717, 1.165) is 28.8 Å². The summed E-state index contributed by atoms with van der Waals surface area (Å²) < 4.78 is 1.51. The Morgan fingerprint density at radius 2 is 1.89 bits per heavy atom. The van der Waals surface area contributed by atoms with Gasteiger partial charge in [0.15, 0.2) is 11.4 Å². The molecule has 3 N–H and O–H groups in total. The molecule has 4 aromatic rings. The van der Waals surface area contributed by atoms with Gasteiger partial charge >= 0.3 is 0 Å². The molecule has 1 atom stereocenters. The van der Waals surface area contributed by atoms with Gasteiger partial charge in [-0.25, -0.2) is 4.98 Å². The number of nitrogens with two attached hydrogens (primary N) is 1. The number of rotatable bonds is 6. The first-order valence-corrected chi connectivity index (χ1v) is 13.0. The van der Waals surface area contributed by atoms with Gasteiger partial charge in [0.05, 0.1) is 23.1 Å². The molecule has 9 heteroatoms. The van der Waals surface area contributed by atoms with E-state index in [2.05, 4.69) is 24.2 Å². The molecule has 0 aliphatic carbocycles. The smallest absolute Gasteiger partial charge is 0.251 e. The number of amides is 1. The molecule has 1 saturated heterocycles. The van der Waals surface area contributed by atoms with Gasteiger partial charge in [-0.3, -0.25) is 14.6 Å². The molecule has 3 aromatic heterocycles. The van der Waals surface area contributed by atoms with E-state index in [1.54, 1.807) is 11.1 Å². The highest BCUT2D eigenvalue weighted by molar-refractivity contribution is 6.00. The quantitative estimate of drug-likeness (QED) is 0.375. The number of piperidine rings is 1. The third-order valence-corrected chi connectivity index (χ3v) is 7.32. The summed E-state index contributed by atoms with van der Waals surface area (Å²) in [6, 6.07) is 12.3. The molecule has 1 amide bonds. The maximum absolute atomic E-state index is 12.7. The van der Waals surface area contributed by atoms with Gasteiger partial charge in [-0.15, -0.1) is 0 Å². The number of benzene rings is 1. The second-order valence-electron chi connectivity index (χ2n) is 9.87. The van der Waals surface area contributed by atoms with Crippen LogP contribution in [0.15, 0.2) is 48.8 Å². The number of aliphatic hydroxyl groups is 1. The largest absolute Gasteiger partial charge is 0.384 e. The normalized spacial score (nSPS) is 15.1. The van der Waals surface area contributed by atoms with Crippen molar-refractivity contribution in [1.29, 1.82) is 0 Å². The van der Waals surface area contributed by atoms with Gasteiger partial charge in [-0.05, 0) is 50.8 Å². The molecule has 9 nitrogen and oxygen atoms in total. The molecule has 1 fully saturated rings. The van der Waals surface area contributed by atoms with Crippen molar-refractivity contribution in [3.8, 4) is 22.4 Å². The second-order valence-corrected chi connectivity index (χ2v) is 9.87. The van der Waals surface area contributed by atoms with Crippen LogP contribution in [0.1, 0.15) is 61.1 Å². The maximum atomic E-state index is 12.7. The van der Waals surface area contributed by atoms with Gasteiger partial charge in [0.25, 0.3) is 5.91 Å². The highest BCUT2D eigenvalue weighted by Gasteiger charge is 2.31. The van der Waals surface area contributed by atoms with Gasteiger partial charge in [0.2, 0.25) is 0 Å². The molecular weight excluding hydrogens is 480 g/mol. The van der Waals surface area contributed by atoms with Crippen molar-refractivity contribution in [2.45, 2.75) is 52.1 Å². The number of aliphatic hydroxyl groups excluding tert-OH is 1. The van der Waals surface area contributed by atoms with Crippen molar-refractivity contribution in [3.05, 3.63) is 65.6 Å². The predicted octanol–water partition coefficient (Wildman–Crippen LogP) is 3.89. The number of aromatic nitrogens is 4. The molecule has 0 bridgehead atoms. The van der Waals surface area contributed by atoms with E-state index in [9.17, 15) is 14.7 Å². The van der Waals surface area contributed by atoms with E-state index in [-0.39, 0.29) is 23.4 Å². The summed E-state index contributed by atoms with van der Waals surface area (Å²) in [5.74, 6) is -0.249. The zero-order chi connectivity index (χ0) is 27.0. The van der Waals surface area contributed by atoms with Crippen LogP contribution in [0.5, 0.6) is 0 Å². The first kappa shape index (κ1) is 25.5. The topological polar surface area (TPSA) is 127 Å². The van der Waals surface area contributed by atoms with Gasteiger partial charge in [-0.1, -0.05) is 31.2 Å². The molecule has 4 heterocycles. The van der Waals surface area contributed by atoms with Crippen LogP contribution in [-0.2, 0) is 11.2 Å². The van der Waals surface area contributed by atoms with Crippen LogP contribution < -0.4 is 5.73 Å². The van der Waals surface area contributed by atoms with Gasteiger partial charge in [-0.2, -0.15) is 9.61 Å². The number of likely N-dealkylation sites (tertiary alicyclic amines) is 1. The van der Waals surface area contributed by atoms with Crippen LogP contribution in [0.2, 0.25) is 0 Å². The van der Waals surface area contributed by atoms with Crippen molar-refractivity contribution in [2.75, 3.05) is 18.8 Å². The number of nitrogens with zero attached hydrogens (tertiary/aromatic N) is 5. The lowest BCUT2D eigenvalue weighted by Crippen LogP contribution is -2.42. The van der Waals surface area contributed by atoms with Crippen LogP contribution >= 0.6 is 0 Å². The molecule has 0 saturated carbocycles. The lowest BCUT2D eigenvalue weighted by atomic mass is 9.89. The van der Waals surface area contributed by atoms with E-state index in [0.29, 0.717) is 42.8 Å². The number of pyridine rings is 1. The molecule has 1 aliphatic rings. The molecule has 0 radical (unpaired) electrons. The summed E-state index contributed by atoms with van der Waals surface area (Å²) in [5.41, 5.74) is 12.9. The van der Waals surface area contributed by atoms with E-state index in [1.165, 1.54) is 23.9 Å². The fourth-order valence-corrected chi connectivity index (χ4v) is 5.20. The lowest BCUT2D eigenvalue weighted by molar-refractivity contribution is -0.140. The minimum absolute atomic E-state index is 0.0478. The molecule has 1 aliphatic heterocycles. The Morgan fingerprint density at radius 1 is 1.13 bits per heavy atom. The average molecular weight is 513 g/mol. The number of nitrogen functional groups attached to an aromatic ring is 1. The zero-order valence-electron chi connectivity index (χ0n) is 21.9. The van der Waals surface area contributed by atoms with E-state index < -0.39 is 6.10 Å². The fourth-order valence-electron chi connectivity index (χ4n) is 5.20. The van der Waals surface area contributed by atoms with Crippen LogP contribution in [0.25, 0.3) is 28.0 Å². The number of hydrogen-bond donors (Lipinski definition) is 2. The SMILES string of the molecule is CCc1cccc(-c2ccc(-c3cnn4c(N)c(C(C)=O)c(C5CCN(C(=O)[C@@H](C)O)CC5)nc34)cn2)c1. The van der Waals surface area contributed by atoms with Crippen LogP contribution in [-0.4, -0.2) is 60.5 Å². The van der Waals surface area contributed by atoms with Crippen LogP contribution in [0.3, 0.4) is 0 Å². The third kappa shape index (κ3) is 4.65. The first-order chi connectivity index (χ1) is 18.3. The van der Waals surface area contributed by atoms with Crippen molar-refractivity contribution >= 4 is 23.2 Å². The minimum atomic E-state index is -1.03. The standard InChI is InChI=1S/C29H32N6O3/c1-4-19-6-5-7-21(14-19)24-9-8-22(15-31-24)23-16-32-35-27(30)25(17(2)36)26(33-28(23)35)20-10-12-34(13-11-20)29(38)18(3)37/h5-9,14-16,18,20,37H,4,10-13,30H2,1-3H3/t18-/m1/s1. The van der Waals surface area contributed by atoms with E-state index in [4.69, 9.17) is 15.7 Å². The van der Waals surface area contributed by atoms with Crippen molar-refractivity contribution in [1.82, 2.24) is 24.5 Å². The molecule has 0 unspecified atom stereocenters. The summed E-state index contributed by atoms with van der Waals surface area (Å²) in [4.78, 5) is 36.2. The second kappa shape index (κ2) is 10.3. The Bertz CT molecular complexity index is 1500. The Hall–Kier alpha value is -4.11. The molecule has 5 rings (SSSR count). The fraction of sp³-hybridized carbons (Fsp3) is 0.345. The molecule has 1 aromatic carbocycles. The highest BCUT2D eigenvalue weighted by atomic mass is 16.3. The van der Waals surface area contributed by atoms with Crippen molar-refractivity contribution in [3.63, 3.8) is 0 Å². The Morgan fingerprint density at radius 3 is 2.53 bits per heavy atom. The monoisotopic (exact) mass is 512 g/mol. The third-order valence-electron chi connectivity index (χ3n) is 7.32. The Kier molecular flexibility index (Phi) is 6.94. The summed E-state index contributed by atoms with van der Waals surface area (Å²) in [6.07, 6.45) is 4.68. The lowest BCUT2D eigenvalue weighted by Gasteiger charge is -2.33. The number of aryl methyl sites for hydroxylation is 1. The Labute approximate surface area is 221 Å². The zero-order valence-corrected chi connectivity index (χ0v) is 21.9. The number of ketones is 1. The van der Waals surface area contributed by atoms with Crippen LogP contribution in [0, 0.1) is 0 Å². The minimum Gasteiger partial charge on any atom is -0.384 e. The highest BCUT2D eigenvalue weighted by Crippen LogP contribution is 2.35. The van der Waals surface area contributed by atoms with Gasteiger partial charge < -0.3 is 15.7 Å². The van der Waals surface area contributed by atoms with E-state index in [1.807, 2.05) is 30.5 Å². The van der Waals surface area contributed by atoms with Crippen molar-refractivity contribution < 1.29 is 14.7 Å². The summed E-state index contributed by atoms with van der Waals surface area (Å²) in [5, 5.41) is 14.1. The predicted molar refractivity (Wildman–Crippen MR) is 146 cm³/mol. The number of Topliss-reactive ketones (excluding diaryl/α,β-unsaturated/α-hetero) is 1. The Balaban J connectivity index is 1.51. The molecule has 196 valence electrons. The number of hydrogen-bond acceptors (Lipinski definition) is 7. The summed E-state index contributed by atoms with van der Waals surface area (Å²) >= 11 is 0. The molecular formula is C29H32N6O3. The average Bonchev–Trinajstić information content (AvgIpc) is 3.37. The number of carbonyl (C=O) groups excluding carboxylic acids is 2. The molecule has 0 spiro atoms. The van der Waals surface area contributed by atoms with E-state index >= 15 is 0 Å². The summed E-state index contributed by atoms with van der Waals surface area (Å²) in [6.45, 7) is 6.05. The van der Waals surface area contributed by atoms with Gasteiger partial charge in [0.1, 0.15) is 11.9 Å². The number of fused-ring (bicyclic) bond motifs is 1. The molecule has 38 heavy (non-hydrogen) atoms. The van der Waals surface area contributed by atoms with Crippen LogP contribution in [0.4, 0.5) is 5.82 Å². The number of anilines is 1. The van der Waals surface area contributed by atoms with Crippen molar-refractivity contribution in [2.24, 2.45) is 0 Å². The number of carbonyl (C=O) groups is 2. The maximum Gasteiger partial charge on any atom is 0.251 e. The van der Waals surface area contributed by atoms with Gasteiger partial charge in [0, 0.05) is 41.9 Å². The summed E-state index contributed by atoms with van der Waals surface area (Å²) in [7, 11) is 0.